The Labute approximate surface area is 143 Å². The van der Waals surface area contributed by atoms with Gasteiger partial charge < -0.3 is 18.9 Å². The highest BCUT2D eigenvalue weighted by Gasteiger charge is 2.28. The monoisotopic (exact) mass is 336 g/mol. The first-order valence-corrected chi connectivity index (χ1v) is 9.00. The minimum atomic E-state index is -0.449. The van der Waals surface area contributed by atoms with Crippen LogP contribution in [0.25, 0.3) is 0 Å². The van der Waals surface area contributed by atoms with Crippen LogP contribution in [0.3, 0.4) is 0 Å². The van der Waals surface area contributed by atoms with Crippen molar-refractivity contribution in [3.8, 4) is 0 Å². The first kappa shape index (κ1) is 17.4. The number of amides is 1. The zero-order valence-corrected chi connectivity index (χ0v) is 14.9. The lowest BCUT2D eigenvalue weighted by Crippen LogP contribution is -2.44. The summed E-state index contributed by atoms with van der Waals surface area (Å²) >= 11 is 0. The van der Waals surface area contributed by atoms with Gasteiger partial charge in [-0.1, -0.05) is 13.8 Å². The highest BCUT2D eigenvalue weighted by molar-refractivity contribution is 5.80. The Bertz CT molecular complexity index is 566. The third-order valence-electron chi connectivity index (χ3n) is 4.76. The van der Waals surface area contributed by atoms with Crippen LogP contribution in [-0.2, 0) is 27.4 Å². The molecule has 2 atom stereocenters. The predicted octanol–water partition coefficient (Wildman–Crippen LogP) is 1.72. The number of hydrogen-bond acceptors (Lipinski definition) is 5. The fourth-order valence-corrected chi connectivity index (χ4v) is 3.31. The van der Waals surface area contributed by atoms with Gasteiger partial charge in [0, 0.05) is 25.6 Å². The minimum Gasteiger partial charge on any atom is -0.376 e. The molecule has 7 nitrogen and oxygen atoms in total. The van der Waals surface area contributed by atoms with Gasteiger partial charge in [-0.3, -0.25) is 4.79 Å². The van der Waals surface area contributed by atoms with E-state index in [1.165, 1.54) is 6.42 Å². The van der Waals surface area contributed by atoms with Gasteiger partial charge >= 0.3 is 0 Å². The molecule has 0 aliphatic carbocycles. The quantitative estimate of drug-likeness (QED) is 0.819. The molecular formula is C17H28N4O3. The fraction of sp³-hybridized carbons (Fsp3) is 0.824. The summed E-state index contributed by atoms with van der Waals surface area (Å²) < 4.78 is 13.6. The molecule has 3 heterocycles. The standard InChI is InChI=1S/C17H28N4O3/c1-12(2)16-19-18-15-10-20(7-8-21(15)16)17(22)13(3)24-11-14-6-4-5-9-23-14/h12-14H,4-11H2,1-3H3. The Morgan fingerprint density at radius 2 is 2.12 bits per heavy atom. The highest BCUT2D eigenvalue weighted by Crippen LogP contribution is 2.19. The van der Waals surface area contributed by atoms with E-state index in [0.717, 1.165) is 37.6 Å². The average molecular weight is 336 g/mol. The van der Waals surface area contributed by atoms with Crippen LogP contribution in [0.1, 0.15) is 57.6 Å². The maximum absolute atomic E-state index is 12.6. The van der Waals surface area contributed by atoms with Crippen LogP contribution in [0, 0.1) is 0 Å². The van der Waals surface area contributed by atoms with Crippen LogP contribution in [0.5, 0.6) is 0 Å². The number of fused-ring (bicyclic) bond motifs is 1. The third kappa shape index (κ3) is 3.78. The molecule has 1 fully saturated rings. The summed E-state index contributed by atoms with van der Waals surface area (Å²) in [4.78, 5) is 14.4. The lowest BCUT2D eigenvalue weighted by Gasteiger charge is -2.31. The molecular weight excluding hydrogens is 308 g/mol. The van der Waals surface area contributed by atoms with E-state index in [4.69, 9.17) is 9.47 Å². The van der Waals surface area contributed by atoms with Crippen molar-refractivity contribution in [2.45, 2.75) is 71.2 Å². The SMILES string of the molecule is CC(OCC1CCCCO1)C(=O)N1CCn2c(nnc2C(C)C)C1. The van der Waals surface area contributed by atoms with Gasteiger partial charge in [-0.15, -0.1) is 10.2 Å². The summed E-state index contributed by atoms with van der Waals surface area (Å²) in [6.07, 6.45) is 3.00. The molecule has 1 amide bonds. The van der Waals surface area contributed by atoms with Crippen LogP contribution >= 0.6 is 0 Å². The smallest absolute Gasteiger partial charge is 0.251 e. The number of nitrogens with zero attached hydrogens (tertiary/aromatic N) is 4. The molecule has 0 aromatic carbocycles. The van der Waals surface area contributed by atoms with E-state index in [9.17, 15) is 4.79 Å². The normalized spacial score (nSPS) is 22.5. The summed E-state index contributed by atoms with van der Waals surface area (Å²) in [5, 5.41) is 8.51. The number of hydrogen-bond donors (Lipinski definition) is 0. The molecule has 0 radical (unpaired) electrons. The molecule has 134 valence electrons. The Morgan fingerprint density at radius 3 is 2.83 bits per heavy atom. The second-order valence-corrected chi connectivity index (χ2v) is 7.00. The lowest BCUT2D eigenvalue weighted by atomic mass is 10.1. The summed E-state index contributed by atoms with van der Waals surface area (Å²) in [7, 11) is 0. The average Bonchev–Trinajstić information content (AvgIpc) is 3.03. The molecule has 1 aromatic heterocycles. The van der Waals surface area contributed by atoms with Crippen molar-refractivity contribution >= 4 is 5.91 Å². The van der Waals surface area contributed by atoms with Gasteiger partial charge in [-0.05, 0) is 26.2 Å². The van der Waals surface area contributed by atoms with E-state index in [1.807, 2.05) is 11.8 Å². The number of aromatic nitrogens is 3. The summed E-state index contributed by atoms with van der Waals surface area (Å²) in [5.74, 6) is 2.22. The Hall–Kier alpha value is -1.47. The van der Waals surface area contributed by atoms with E-state index in [2.05, 4.69) is 28.6 Å². The van der Waals surface area contributed by atoms with Crippen molar-refractivity contribution in [1.82, 2.24) is 19.7 Å². The van der Waals surface area contributed by atoms with Gasteiger partial charge in [-0.2, -0.15) is 0 Å². The molecule has 2 unspecified atom stereocenters. The summed E-state index contributed by atoms with van der Waals surface area (Å²) in [6.45, 7) is 9.27. The Morgan fingerprint density at radius 1 is 1.29 bits per heavy atom. The first-order chi connectivity index (χ1) is 11.6. The Kier molecular flexibility index (Phi) is 5.50. The molecule has 0 bridgehead atoms. The number of carbonyl (C=O) groups is 1. The maximum atomic E-state index is 12.6. The van der Waals surface area contributed by atoms with E-state index >= 15 is 0 Å². The van der Waals surface area contributed by atoms with Gasteiger partial charge in [0.25, 0.3) is 5.91 Å². The van der Waals surface area contributed by atoms with Crippen LogP contribution in [-0.4, -0.2) is 57.5 Å². The van der Waals surface area contributed by atoms with Crippen LogP contribution < -0.4 is 0 Å². The first-order valence-electron chi connectivity index (χ1n) is 9.00. The van der Waals surface area contributed by atoms with Crippen molar-refractivity contribution in [3.63, 3.8) is 0 Å². The largest absolute Gasteiger partial charge is 0.376 e. The van der Waals surface area contributed by atoms with Crippen LogP contribution in [0.4, 0.5) is 0 Å². The van der Waals surface area contributed by atoms with Gasteiger partial charge in [-0.25, -0.2) is 0 Å². The van der Waals surface area contributed by atoms with E-state index < -0.39 is 6.10 Å². The highest BCUT2D eigenvalue weighted by atomic mass is 16.5. The van der Waals surface area contributed by atoms with Crippen LogP contribution in [0.2, 0.25) is 0 Å². The van der Waals surface area contributed by atoms with Gasteiger partial charge in [0.1, 0.15) is 11.9 Å². The van der Waals surface area contributed by atoms with E-state index in [1.54, 1.807) is 0 Å². The minimum absolute atomic E-state index is 0.0196. The zero-order chi connectivity index (χ0) is 17.1. The molecule has 3 rings (SSSR count). The van der Waals surface area contributed by atoms with Crippen molar-refractivity contribution in [2.24, 2.45) is 0 Å². The third-order valence-corrected chi connectivity index (χ3v) is 4.76. The lowest BCUT2D eigenvalue weighted by molar-refractivity contribution is -0.147. The molecule has 2 aliphatic rings. The molecule has 7 heteroatoms. The fourth-order valence-electron chi connectivity index (χ4n) is 3.31. The predicted molar refractivity (Wildman–Crippen MR) is 88.5 cm³/mol. The Balaban J connectivity index is 1.53. The van der Waals surface area contributed by atoms with Crippen molar-refractivity contribution < 1.29 is 14.3 Å². The topological polar surface area (TPSA) is 69.5 Å². The van der Waals surface area contributed by atoms with Crippen molar-refractivity contribution in [1.29, 1.82) is 0 Å². The summed E-state index contributed by atoms with van der Waals surface area (Å²) in [6, 6.07) is 0. The molecule has 0 saturated carbocycles. The summed E-state index contributed by atoms with van der Waals surface area (Å²) in [5.41, 5.74) is 0. The molecule has 0 N–H and O–H groups in total. The molecule has 2 aliphatic heterocycles. The maximum Gasteiger partial charge on any atom is 0.251 e. The van der Waals surface area contributed by atoms with E-state index in [0.29, 0.717) is 25.6 Å². The second kappa shape index (κ2) is 7.61. The van der Waals surface area contributed by atoms with Crippen LogP contribution in [0.15, 0.2) is 0 Å². The molecule has 24 heavy (non-hydrogen) atoms. The van der Waals surface area contributed by atoms with Crippen molar-refractivity contribution in [3.05, 3.63) is 11.6 Å². The van der Waals surface area contributed by atoms with E-state index in [-0.39, 0.29) is 12.0 Å². The second-order valence-electron chi connectivity index (χ2n) is 7.00. The molecule has 1 aromatic rings. The molecule has 1 saturated heterocycles. The van der Waals surface area contributed by atoms with Gasteiger partial charge in [0.05, 0.1) is 19.3 Å². The van der Waals surface area contributed by atoms with Crippen molar-refractivity contribution in [2.75, 3.05) is 19.8 Å². The number of ether oxygens (including phenoxy) is 2. The van der Waals surface area contributed by atoms with Gasteiger partial charge in [0.2, 0.25) is 0 Å². The number of carbonyl (C=O) groups excluding carboxylic acids is 1. The number of rotatable bonds is 5. The zero-order valence-electron chi connectivity index (χ0n) is 14.9. The van der Waals surface area contributed by atoms with Gasteiger partial charge in [0.15, 0.2) is 5.82 Å². The molecule has 0 spiro atoms.